The molecule has 2 N–H and O–H groups in total. The van der Waals surface area contributed by atoms with E-state index in [-0.39, 0.29) is 24.6 Å². The van der Waals surface area contributed by atoms with Crippen molar-refractivity contribution in [2.24, 2.45) is 0 Å². The van der Waals surface area contributed by atoms with Crippen LogP contribution in [0.2, 0.25) is 0 Å². The minimum Gasteiger partial charge on any atom is -0.483 e. The van der Waals surface area contributed by atoms with E-state index in [4.69, 9.17) is 14.3 Å². The number of carbonyl (C=O) groups is 2. The molecular formula is C20H25NO6. The van der Waals surface area contributed by atoms with Crippen LogP contribution in [0.25, 0.3) is 11.0 Å². The van der Waals surface area contributed by atoms with Crippen molar-refractivity contribution in [3.8, 4) is 5.75 Å². The lowest BCUT2D eigenvalue weighted by Crippen LogP contribution is -2.29. The molecule has 0 saturated carbocycles. The number of hydrogen-bond donors (Lipinski definition) is 2. The number of nitrogens with one attached hydrogen (secondary N) is 1. The first-order chi connectivity index (χ1) is 12.8. The summed E-state index contributed by atoms with van der Waals surface area (Å²) in [4.78, 5) is 34.2. The first-order valence-corrected chi connectivity index (χ1v) is 8.96. The SMILES string of the molecule is Cc1c(C)c2ccc(OCC(=O)NCCCCCC(=O)O)c(C)c2oc1=O. The lowest BCUT2D eigenvalue weighted by molar-refractivity contribution is -0.137. The zero-order valence-corrected chi connectivity index (χ0v) is 15.9. The van der Waals surface area contributed by atoms with Crippen molar-refractivity contribution in [3.63, 3.8) is 0 Å². The van der Waals surface area contributed by atoms with Crippen LogP contribution in [0.5, 0.6) is 5.75 Å². The molecule has 0 bridgehead atoms. The van der Waals surface area contributed by atoms with Gasteiger partial charge < -0.3 is 19.6 Å². The molecule has 1 amide bonds. The smallest absolute Gasteiger partial charge is 0.339 e. The highest BCUT2D eigenvalue weighted by molar-refractivity contribution is 5.85. The third-order valence-electron chi connectivity index (χ3n) is 4.57. The van der Waals surface area contributed by atoms with Gasteiger partial charge in [-0.25, -0.2) is 4.79 Å². The number of hydrogen-bond acceptors (Lipinski definition) is 5. The fourth-order valence-corrected chi connectivity index (χ4v) is 2.78. The van der Waals surface area contributed by atoms with Crippen LogP contribution in [0.15, 0.2) is 21.3 Å². The van der Waals surface area contributed by atoms with Gasteiger partial charge >= 0.3 is 11.6 Å². The Kier molecular flexibility index (Phi) is 6.98. The lowest BCUT2D eigenvalue weighted by atomic mass is 10.0. The predicted octanol–water partition coefficient (Wildman–Crippen LogP) is 2.86. The van der Waals surface area contributed by atoms with Gasteiger partial charge in [0.25, 0.3) is 5.91 Å². The van der Waals surface area contributed by atoms with E-state index in [1.54, 1.807) is 19.9 Å². The molecule has 0 atom stereocenters. The maximum absolute atomic E-state index is 11.9. The summed E-state index contributed by atoms with van der Waals surface area (Å²) in [6.45, 7) is 5.73. The molecule has 2 rings (SSSR count). The van der Waals surface area contributed by atoms with Crippen LogP contribution in [0.1, 0.15) is 42.4 Å². The third kappa shape index (κ3) is 5.32. The van der Waals surface area contributed by atoms with Gasteiger partial charge in [0.15, 0.2) is 6.61 Å². The van der Waals surface area contributed by atoms with E-state index >= 15 is 0 Å². The summed E-state index contributed by atoms with van der Waals surface area (Å²) in [6, 6.07) is 3.59. The molecule has 0 fully saturated rings. The number of carboxylic acids is 1. The van der Waals surface area contributed by atoms with Crippen LogP contribution in [0, 0.1) is 20.8 Å². The van der Waals surface area contributed by atoms with Crippen LogP contribution in [0.3, 0.4) is 0 Å². The van der Waals surface area contributed by atoms with Crippen molar-refractivity contribution >= 4 is 22.8 Å². The Hall–Kier alpha value is -2.83. The molecule has 7 nitrogen and oxygen atoms in total. The number of ether oxygens (including phenoxy) is 1. The summed E-state index contributed by atoms with van der Waals surface area (Å²) in [5, 5.41) is 12.1. The molecule has 7 heteroatoms. The Bertz CT molecular complexity index is 899. The van der Waals surface area contributed by atoms with Crippen molar-refractivity contribution in [3.05, 3.63) is 39.2 Å². The van der Waals surface area contributed by atoms with Gasteiger partial charge in [0.1, 0.15) is 11.3 Å². The molecule has 27 heavy (non-hydrogen) atoms. The highest BCUT2D eigenvalue weighted by atomic mass is 16.5. The maximum atomic E-state index is 11.9. The zero-order valence-electron chi connectivity index (χ0n) is 15.9. The van der Waals surface area contributed by atoms with Gasteiger partial charge in [-0.3, -0.25) is 9.59 Å². The van der Waals surface area contributed by atoms with E-state index in [9.17, 15) is 14.4 Å². The first-order valence-electron chi connectivity index (χ1n) is 8.96. The van der Waals surface area contributed by atoms with Crippen molar-refractivity contribution in [1.82, 2.24) is 5.32 Å². The summed E-state index contributed by atoms with van der Waals surface area (Å²) in [5.74, 6) is -0.570. The summed E-state index contributed by atoms with van der Waals surface area (Å²) in [7, 11) is 0. The highest BCUT2D eigenvalue weighted by Gasteiger charge is 2.13. The minimum atomic E-state index is -0.806. The van der Waals surface area contributed by atoms with Gasteiger partial charge in [0, 0.05) is 29.5 Å². The van der Waals surface area contributed by atoms with E-state index < -0.39 is 5.97 Å². The van der Waals surface area contributed by atoms with Crippen molar-refractivity contribution in [2.45, 2.75) is 46.5 Å². The Morgan fingerprint density at radius 2 is 1.81 bits per heavy atom. The molecule has 1 heterocycles. The first kappa shape index (κ1) is 20.5. The molecule has 0 spiro atoms. The summed E-state index contributed by atoms with van der Waals surface area (Å²) in [6.07, 6.45) is 2.21. The van der Waals surface area contributed by atoms with Crippen LogP contribution in [-0.4, -0.2) is 30.1 Å². The molecule has 0 aliphatic heterocycles. The standard InChI is InChI=1S/C20H25NO6/c1-12-13(2)20(25)27-19-14(3)16(9-8-15(12)19)26-11-17(22)21-10-6-4-5-7-18(23)24/h8-9H,4-7,10-11H2,1-3H3,(H,21,22)(H,23,24). The molecule has 0 aliphatic carbocycles. The average molecular weight is 375 g/mol. The summed E-state index contributed by atoms with van der Waals surface area (Å²) < 4.78 is 11.0. The lowest BCUT2D eigenvalue weighted by Gasteiger charge is -2.12. The van der Waals surface area contributed by atoms with Gasteiger partial charge in [-0.15, -0.1) is 0 Å². The van der Waals surface area contributed by atoms with Crippen LogP contribution in [0.4, 0.5) is 0 Å². The number of aryl methyl sites for hydroxylation is 2. The fraction of sp³-hybridized carbons (Fsp3) is 0.450. The molecule has 2 aromatic rings. The quantitative estimate of drug-likeness (QED) is 0.516. The van der Waals surface area contributed by atoms with Crippen LogP contribution >= 0.6 is 0 Å². The van der Waals surface area contributed by atoms with Crippen LogP contribution in [-0.2, 0) is 9.59 Å². The van der Waals surface area contributed by atoms with Crippen molar-refractivity contribution < 1.29 is 23.8 Å². The van der Waals surface area contributed by atoms with Gasteiger partial charge in [-0.1, -0.05) is 6.42 Å². The molecule has 1 aromatic heterocycles. The number of carboxylic acid groups (broad SMARTS) is 1. The third-order valence-corrected chi connectivity index (χ3v) is 4.57. The highest BCUT2D eigenvalue weighted by Crippen LogP contribution is 2.29. The Labute approximate surface area is 157 Å². The second-order valence-electron chi connectivity index (χ2n) is 6.55. The molecule has 0 saturated heterocycles. The number of aliphatic carboxylic acids is 1. The van der Waals surface area contributed by atoms with Gasteiger partial charge in [-0.2, -0.15) is 0 Å². The van der Waals surface area contributed by atoms with Crippen LogP contribution < -0.4 is 15.7 Å². The molecule has 0 unspecified atom stereocenters. The van der Waals surface area contributed by atoms with E-state index in [0.29, 0.717) is 35.4 Å². The average Bonchev–Trinajstić information content (AvgIpc) is 2.62. The summed E-state index contributed by atoms with van der Waals surface area (Å²) >= 11 is 0. The number of carbonyl (C=O) groups excluding carboxylic acids is 1. The molecular weight excluding hydrogens is 350 g/mol. The van der Waals surface area contributed by atoms with E-state index in [1.165, 1.54) is 0 Å². The van der Waals surface area contributed by atoms with Crippen molar-refractivity contribution in [1.29, 1.82) is 0 Å². The van der Waals surface area contributed by atoms with Gasteiger partial charge in [0.05, 0.1) is 0 Å². The Morgan fingerprint density at radius 1 is 1.07 bits per heavy atom. The van der Waals surface area contributed by atoms with E-state index in [1.807, 2.05) is 13.0 Å². The second-order valence-corrected chi connectivity index (χ2v) is 6.55. The topological polar surface area (TPSA) is 106 Å². The number of rotatable bonds is 9. The largest absolute Gasteiger partial charge is 0.483 e. The number of benzene rings is 1. The fourth-order valence-electron chi connectivity index (χ4n) is 2.78. The van der Waals surface area contributed by atoms with Crippen molar-refractivity contribution in [2.75, 3.05) is 13.2 Å². The maximum Gasteiger partial charge on any atom is 0.339 e. The monoisotopic (exact) mass is 375 g/mol. The summed E-state index contributed by atoms with van der Waals surface area (Å²) in [5.41, 5.74) is 2.23. The van der Waals surface area contributed by atoms with Gasteiger partial charge in [-0.05, 0) is 51.3 Å². The van der Waals surface area contributed by atoms with E-state index in [2.05, 4.69) is 5.32 Å². The molecule has 146 valence electrons. The van der Waals surface area contributed by atoms with Gasteiger partial charge in [0.2, 0.25) is 0 Å². The Morgan fingerprint density at radius 3 is 2.52 bits per heavy atom. The predicted molar refractivity (Wildman–Crippen MR) is 101 cm³/mol. The number of amides is 1. The normalized spacial score (nSPS) is 10.8. The number of fused-ring (bicyclic) bond motifs is 1. The zero-order chi connectivity index (χ0) is 20.0. The number of unbranched alkanes of at least 4 members (excludes halogenated alkanes) is 2. The molecule has 0 radical (unpaired) electrons. The molecule has 0 aliphatic rings. The Balaban J connectivity index is 1.90. The van der Waals surface area contributed by atoms with E-state index in [0.717, 1.165) is 23.8 Å². The molecule has 1 aromatic carbocycles. The second kappa shape index (κ2) is 9.21. The minimum absolute atomic E-state index is 0.142.